The summed E-state index contributed by atoms with van der Waals surface area (Å²) >= 11 is 0. The molecule has 1 unspecified atom stereocenters. The smallest absolute Gasteiger partial charge is 0.341 e. The molecule has 3 heterocycles. The number of para-hydroxylation sites is 1. The molecule has 9 heteroatoms. The van der Waals surface area contributed by atoms with Crippen LogP contribution in [0.4, 0.5) is 5.69 Å². The van der Waals surface area contributed by atoms with Gasteiger partial charge in [0.15, 0.2) is 0 Å². The number of hydrogen-bond donors (Lipinski definition) is 1. The predicted molar refractivity (Wildman–Crippen MR) is 138 cm³/mol. The molecular formula is C28H22N4O5. The average molecular weight is 495 g/mol. The molecule has 1 spiro atoms. The molecule has 1 aromatic heterocycles. The molecule has 1 amide bonds. The van der Waals surface area contributed by atoms with Crippen molar-refractivity contribution in [3.8, 4) is 0 Å². The van der Waals surface area contributed by atoms with E-state index in [0.29, 0.717) is 11.3 Å². The van der Waals surface area contributed by atoms with Crippen LogP contribution in [0.15, 0.2) is 94.0 Å². The fraction of sp³-hybridized carbons (Fsp3) is 0.143. The number of hydrogen-bond acceptors (Lipinski definition) is 6. The molecule has 0 saturated carbocycles. The minimum atomic E-state index is -2.01. The van der Waals surface area contributed by atoms with E-state index in [2.05, 4.69) is 0 Å². The number of carbonyl (C=O) groups excluding carboxylic acids is 2. The summed E-state index contributed by atoms with van der Waals surface area (Å²) < 4.78 is 7.31. The fourth-order valence-electron chi connectivity index (χ4n) is 5.44. The molecule has 184 valence electrons. The van der Waals surface area contributed by atoms with Gasteiger partial charge >= 0.3 is 5.97 Å². The van der Waals surface area contributed by atoms with Crippen LogP contribution in [0.2, 0.25) is 0 Å². The third-order valence-corrected chi connectivity index (χ3v) is 6.94. The second-order valence-electron chi connectivity index (χ2n) is 8.86. The SMILES string of the molecule is CCOC(=O)C1=C(N)n2c(=O)c3ccccc3c(=O)n2C12C(=O)N(Cc1ccccc1)c1ccccc12. The molecule has 4 aromatic rings. The lowest BCUT2D eigenvalue weighted by atomic mass is 9.84. The number of amides is 1. The first-order valence-corrected chi connectivity index (χ1v) is 11.8. The molecule has 2 aliphatic heterocycles. The summed E-state index contributed by atoms with van der Waals surface area (Å²) in [6.07, 6.45) is 0. The van der Waals surface area contributed by atoms with Crippen molar-refractivity contribution in [2.24, 2.45) is 5.73 Å². The van der Waals surface area contributed by atoms with Crippen LogP contribution in [0.1, 0.15) is 18.1 Å². The molecular weight excluding hydrogens is 472 g/mol. The second-order valence-corrected chi connectivity index (χ2v) is 8.86. The highest BCUT2D eigenvalue weighted by atomic mass is 16.5. The third kappa shape index (κ3) is 2.85. The Hall–Kier alpha value is -4.92. The molecule has 3 aromatic carbocycles. The van der Waals surface area contributed by atoms with Gasteiger partial charge in [-0.1, -0.05) is 60.7 Å². The van der Waals surface area contributed by atoms with E-state index >= 15 is 0 Å². The highest BCUT2D eigenvalue weighted by molar-refractivity contribution is 6.17. The van der Waals surface area contributed by atoms with Crippen molar-refractivity contribution in [3.63, 3.8) is 0 Å². The summed E-state index contributed by atoms with van der Waals surface area (Å²) in [6.45, 7) is 1.82. The van der Waals surface area contributed by atoms with Crippen LogP contribution in [0.3, 0.4) is 0 Å². The Morgan fingerprint density at radius 3 is 2.19 bits per heavy atom. The van der Waals surface area contributed by atoms with Gasteiger partial charge in [0.05, 0.1) is 29.6 Å². The van der Waals surface area contributed by atoms with Crippen LogP contribution in [-0.4, -0.2) is 27.8 Å². The number of ether oxygens (including phenoxy) is 1. The molecule has 0 saturated heterocycles. The Balaban J connectivity index is 1.74. The zero-order valence-corrected chi connectivity index (χ0v) is 19.9. The van der Waals surface area contributed by atoms with Crippen LogP contribution in [0, 0.1) is 0 Å². The normalized spacial score (nSPS) is 18.0. The van der Waals surface area contributed by atoms with Crippen molar-refractivity contribution in [2.45, 2.75) is 19.0 Å². The number of fused-ring (bicyclic) bond motifs is 5. The number of aromatic nitrogens is 2. The van der Waals surface area contributed by atoms with Crippen LogP contribution in [-0.2, 0) is 26.4 Å². The van der Waals surface area contributed by atoms with E-state index in [4.69, 9.17) is 10.5 Å². The van der Waals surface area contributed by atoms with Gasteiger partial charge in [0.25, 0.3) is 17.0 Å². The van der Waals surface area contributed by atoms with Crippen LogP contribution in [0.5, 0.6) is 0 Å². The van der Waals surface area contributed by atoms with E-state index < -0.39 is 28.5 Å². The standard InChI is InChI=1S/C28H22N4O5/c1-2-37-26(35)22-23(29)31-24(33)18-12-6-7-13-19(18)25(34)32(31)28(22)20-14-8-9-15-21(20)30(27(28)36)16-17-10-4-3-5-11-17/h3-15H,2,16,29H2,1H3. The number of benzene rings is 3. The van der Waals surface area contributed by atoms with Gasteiger partial charge in [-0.05, 0) is 30.7 Å². The number of anilines is 1. The lowest BCUT2D eigenvalue weighted by Crippen LogP contribution is -2.53. The topological polar surface area (TPSA) is 117 Å². The largest absolute Gasteiger partial charge is 0.462 e. The Morgan fingerprint density at radius 1 is 0.865 bits per heavy atom. The summed E-state index contributed by atoms with van der Waals surface area (Å²) in [5.74, 6) is -1.76. The Labute approximate surface area is 210 Å². The first kappa shape index (κ1) is 22.5. The van der Waals surface area contributed by atoms with Gasteiger partial charge in [-0.15, -0.1) is 0 Å². The first-order chi connectivity index (χ1) is 17.9. The van der Waals surface area contributed by atoms with Crippen molar-refractivity contribution in [1.29, 1.82) is 0 Å². The molecule has 0 fully saturated rings. The Kier molecular flexibility index (Phi) is 4.91. The van der Waals surface area contributed by atoms with Crippen molar-refractivity contribution in [3.05, 3.63) is 116 Å². The van der Waals surface area contributed by atoms with Crippen LogP contribution in [0.25, 0.3) is 16.6 Å². The molecule has 0 radical (unpaired) electrons. The maximum Gasteiger partial charge on any atom is 0.341 e. The highest BCUT2D eigenvalue weighted by Crippen LogP contribution is 2.50. The van der Waals surface area contributed by atoms with Crippen molar-refractivity contribution < 1.29 is 14.3 Å². The van der Waals surface area contributed by atoms with E-state index in [1.165, 1.54) is 17.0 Å². The van der Waals surface area contributed by atoms with Gasteiger partial charge in [-0.3, -0.25) is 14.4 Å². The summed E-state index contributed by atoms with van der Waals surface area (Å²) in [6, 6.07) is 22.6. The van der Waals surface area contributed by atoms with Gasteiger partial charge in [0.2, 0.25) is 5.54 Å². The average Bonchev–Trinajstić information content (AvgIpc) is 3.33. The Morgan fingerprint density at radius 2 is 1.49 bits per heavy atom. The maximum atomic E-state index is 14.6. The Bertz CT molecular complexity index is 1770. The van der Waals surface area contributed by atoms with Gasteiger partial charge < -0.3 is 15.4 Å². The summed E-state index contributed by atoms with van der Waals surface area (Å²) in [7, 11) is 0. The molecule has 2 aliphatic rings. The lowest BCUT2D eigenvalue weighted by Gasteiger charge is -2.28. The molecule has 9 nitrogen and oxygen atoms in total. The second kappa shape index (κ2) is 8.06. The number of rotatable bonds is 4. The molecule has 0 aliphatic carbocycles. The molecule has 6 rings (SSSR count). The lowest BCUT2D eigenvalue weighted by molar-refractivity contribution is -0.141. The fourth-order valence-corrected chi connectivity index (χ4v) is 5.44. The van der Waals surface area contributed by atoms with E-state index in [0.717, 1.165) is 14.9 Å². The minimum absolute atomic E-state index is 0.0113. The van der Waals surface area contributed by atoms with Crippen molar-refractivity contribution >= 4 is 34.2 Å². The summed E-state index contributed by atoms with van der Waals surface area (Å²) in [4.78, 5) is 57.2. The predicted octanol–water partition coefficient (Wildman–Crippen LogP) is 2.16. The minimum Gasteiger partial charge on any atom is -0.462 e. The summed E-state index contributed by atoms with van der Waals surface area (Å²) in [5.41, 5.74) is 4.68. The van der Waals surface area contributed by atoms with E-state index in [9.17, 15) is 19.2 Å². The molecule has 0 bridgehead atoms. The van der Waals surface area contributed by atoms with Gasteiger partial charge in [-0.2, -0.15) is 4.68 Å². The van der Waals surface area contributed by atoms with Crippen LogP contribution < -0.4 is 21.8 Å². The zero-order chi connectivity index (χ0) is 25.9. The number of nitrogens with two attached hydrogens (primary N) is 1. The van der Waals surface area contributed by atoms with Crippen LogP contribution >= 0.6 is 0 Å². The number of carbonyl (C=O) groups is 2. The third-order valence-electron chi connectivity index (χ3n) is 6.94. The van der Waals surface area contributed by atoms with Gasteiger partial charge in [-0.25, -0.2) is 9.48 Å². The quantitative estimate of drug-likeness (QED) is 0.435. The summed E-state index contributed by atoms with van der Waals surface area (Å²) in [5, 5.41) is 0.250. The van der Waals surface area contributed by atoms with E-state index in [1.807, 2.05) is 30.3 Å². The van der Waals surface area contributed by atoms with Gasteiger partial charge in [0, 0.05) is 5.56 Å². The molecule has 2 N–H and O–H groups in total. The maximum absolute atomic E-state index is 14.6. The highest BCUT2D eigenvalue weighted by Gasteiger charge is 2.63. The molecule has 1 atom stereocenters. The van der Waals surface area contributed by atoms with Crippen molar-refractivity contribution in [2.75, 3.05) is 11.5 Å². The zero-order valence-electron chi connectivity index (χ0n) is 19.9. The van der Waals surface area contributed by atoms with E-state index in [1.54, 1.807) is 43.3 Å². The van der Waals surface area contributed by atoms with E-state index in [-0.39, 0.29) is 35.3 Å². The molecule has 37 heavy (non-hydrogen) atoms. The number of nitrogens with zero attached hydrogens (tertiary/aromatic N) is 3. The van der Waals surface area contributed by atoms with Crippen molar-refractivity contribution in [1.82, 2.24) is 9.36 Å². The monoisotopic (exact) mass is 494 g/mol. The van der Waals surface area contributed by atoms with Gasteiger partial charge in [0.1, 0.15) is 11.4 Å². The number of esters is 1. The first-order valence-electron chi connectivity index (χ1n) is 11.8.